The molecule has 0 atom stereocenters. The van der Waals surface area contributed by atoms with E-state index >= 15 is 0 Å². The molecule has 12 heteroatoms. The van der Waals surface area contributed by atoms with Crippen molar-refractivity contribution in [2.24, 2.45) is 5.92 Å². The first-order chi connectivity index (χ1) is 21.1. The van der Waals surface area contributed by atoms with Gasteiger partial charge in [0, 0.05) is 32.1 Å². The van der Waals surface area contributed by atoms with E-state index in [0.29, 0.717) is 25.4 Å². The lowest BCUT2D eigenvalue weighted by molar-refractivity contribution is -0.158. The maximum absolute atomic E-state index is 13.2. The van der Waals surface area contributed by atoms with Gasteiger partial charge in [0.25, 0.3) is 0 Å². The summed E-state index contributed by atoms with van der Waals surface area (Å²) >= 11 is 0. The lowest BCUT2D eigenvalue weighted by atomic mass is 9.92. The van der Waals surface area contributed by atoms with E-state index in [4.69, 9.17) is 23.7 Å². The van der Waals surface area contributed by atoms with Crippen molar-refractivity contribution in [1.82, 2.24) is 9.80 Å². The number of hydrogen-bond donors (Lipinski definition) is 0. The van der Waals surface area contributed by atoms with Crippen LogP contribution >= 0.6 is 0 Å². The zero-order chi connectivity index (χ0) is 34.9. The van der Waals surface area contributed by atoms with Crippen LogP contribution in [0.5, 0.6) is 11.5 Å². The Morgan fingerprint density at radius 3 is 1.76 bits per heavy atom. The summed E-state index contributed by atoms with van der Waals surface area (Å²) in [5, 5.41) is 0. The van der Waals surface area contributed by atoms with Crippen LogP contribution < -0.4 is 9.47 Å². The Bertz CT molecular complexity index is 1230. The highest BCUT2D eigenvalue weighted by Gasteiger charge is 2.28. The normalized spacial score (nSPS) is 14.3. The summed E-state index contributed by atoms with van der Waals surface area (Å²) in [6, 6.07) is 4.38. The van der Waals surface area contributed by atoms with Crippen LogP contribution in [0.2, 0.25) is 0 Å². The molecular weight excluding hydrogens is 596 g/mol. The van der Waals surface area contributed by atoms with Crippen molar-refractivity contribution in [2.75, 3.05) is 39.9 Å². The highest BCUT2D eigenvalue weighted by molar-refractivity contribution is 5.99. The van der Waals surface area contributed by atoms with Crippen LogP contribution in [-0.4, -0.2) is 96.2 Å². The van der Waals surface area contributed by atoms with E-state index in [0.717, 1.165) is 12.8 Å². The van der Waals surface area contributed by atoms with Crippen molar-refractivity contribution in [3.63, 3.8) is 0 Å². The number of likely N-dealkylation sites (tertiary alicyclic amines) is 1. The summed E-state index contributed by atoms with van der Waals surface area (Å²) in [4.78, 5) is 65.9. The molecule has 0 aromatic heterocycles. The van der Waals surface area contributed by atoms with Gasteiger partial charge < -0.3 is 33.5 Å². The lowest BCUT2D eigenvalue weighted by Crippen LogP contribution is -2.42. The number of ketones is 1. The number of esters is 2. The molecule has 1 aliphatic heterocycles. The largest absolute Gasteiger partial charge is 0.478 e. The number of rotatable bonds is 12. The number of carbonyl (C=O) groups is 5. The Hall–Kier alpha value is -3.83. The molecule has 2 amide bonds. The van der Waals surface area contributed by atoms with Crippen LogP contribution in [0.3, 0.4) is 0 Å². The third kappa shape index (κ3) is 14.5. The number of likely N-dealkylation sites (N-methyl/N-ethyl adjacent to an activating group) is 1. The second kappa shape index (κ2) is 16.1. The van der Waals surface area contributed by atoms with Crippen LogP contribution in [0.4, 0.5) is 4.79 Å². The molecule has 1 aromatic rings. The van der Waals surface area contributed by atoms with Crippen molar-refractivity contribution >= 4 is 29.7 Å². The molecule has 0 saturated carbocycles. The van der Waals surface area contributed by atoms with Gasteiger partial charge in [0.05, 0.1) is 6.54 Å². The average molecular weight is 649 g/mol. The molecule has 1 aromatic carbocycles. The maximum Gasteiger partial charge on any atom is 0.410 e. The zero-order valence-corrected chi connectivity index (χ0v) is 29.2. The first-order valence-corrected chi connectivity index (χ1v) is 15.7. The third-order valence-corrected chi connectivity index (χ3v) is 6.64. The maximum atomic E-state index is 13.2. The number of benzene rings is 1. The first kappa shape index (κ1) is 38.4. The molecule has 0 radical (unpaired) electrons. The van der Waals surface area contributed by atoms with E-state index in [9.17, 15) is 24.0 Å². The van der Waals surface area contributed by atoms with Crippen molar-refractivity contribution in [3.05, 3.63) is 23.8 Å². The van der Waals surface area contributed by atoms with Crippen LogP contribution in [-0.2, 0) is 28.6 Å². The van der Waals surface area contributed by atoms with Crippen molar-refractivity contribution < 1.29 is 47.7 Å². The fourth-order valence-electron chi connectivity index (χ4n) is 4.57. The molecular formula is C34H52N2O10. The number of ether oxygens (including phenoxy) is 5. The minimum absolute atomic E-state index is 0.0620. The molecule has 0 spiro atoms. The van der Waals surface area contributed by atoms with Crippen molar-refractivity contribution in [2.45, 2.75) is 105 Å². The Labute approximate surface area is 273 Å². The van der Waals surface area contributed by atoms with E-state index in [2.05, 4.69) is 0 Å². The lowest BCUT2D eigenvalue weighted by Gasteiger charge is -2.33. The monoisotopic (exact) mass is 648 g/mol. The number of hydrogen-bond acceptors (Lipinski definition) is 10. The van der Waals surface area contributed by atoms with Crippen molar-refractivity contribution in [1.29, 1.82) is 0 Å². The standard InChI is InChI=1S/C34H52N2O10/c1-32(2,3)44-29(39)21-42-26-13-12-24(19-27(26)43-22-30(40)45-33(4,5)6)25(37)20-35(10)28(38)14-11-23-15-17-36(18-16-23)31(41)46-34(7,8)9/h12-13,19,23H,11,14-18,20-22H2,1-10H3. The topological polar surface area (TPSA) is 138 Å². The quantitative estimate of drug-likeness (QED) is 0.169. The molecule has 0 aliphatic carbocycles. The van der Waals surface area contributed by atoms with Gasteiger partial charge in [-0.25, -0.2) is 14.4 Å². The van der Waals surface area contributed by atoms with E-state index < -0.39 is 42.0 Å². The van der Waals surface area contributed by atoms with E-state index in [-0.39, 0.29) is 47.8 Å². The molecule has 1 saturated heterocycles. The van der Waals surface area contributed by atoms with E-state index in [1.807, 2.05) is 20.8 Å². The molecule has 1 fully saturated rings. The zero-order valence-electron chi connectivity index (χ0n) is 29.2. The predicted molar refractivity (Wildman–Crippen MR) is 171 cm³/mol. The SMILES string of the molecule is CN(CC(=O)c1ccc(OCC(=O)OC(C)(C)C)c(OCC(=O)OC(C)(C)C)c1)C(=O)CCC1CCN(C(=O)OC(C)(C)C)CC1. The number of Topliss-reactive ketones (excluding diaryl/α,β-unsaturated/α-hetero) is 1. The van der Waals surface area contributed by atoms with Crippen LogP contribution in [0.1, 0.15) is 98.4 Å². The van der Waals surface area contributed by atoms with Gasteiger partial charge in [0.1, 0.15) is 16.8 Å². The van der Waals surface area contributed by atoms with Crippen molar-refractivity contribution in [3.8, 4) is 11.5 Å². The molecule has 258 valence electrons. The predicted octanol–water partition coefficient (Wildman–Crippen LogP) is 5.20. The van der Waals surface area contributed by atoms with Crippen LogP contribution in [0, 0.1) is 5.92 Å². The van der Waals surface area contributed by atoms with E-state index in [1.54, 1.807) is 53.5 Å². The van der Waals surface area contributed by atoms with Gasteiger partial charge in [0.2, 0.25) is 5.91 Å². The van der Waals surface area contributed by atoms with Crippen LogP contribution in [0.25, 0.3) is 0 Å². The highest BCUT2D eigenvalue weighted by atomic mass is 16.6. The Morgan fingerprint density at radius 1 is 0.761 bits per heavy atom. The smallest absolute Gasteiger partial charge is 0.410 e. The second-order valence-electron chi connectivity index (χ2n) is 14.5. The Morgan fingerprint density at radius 2 is 1.26 bits per heavy atom. The molecule has 1 aliphatic rings. The summed E-state index contributed by atoms with van der Waals surface area (Å²) < 4.78 is 27.3. The Kier molecular flexibility index (Phi) is 13.5. The fraction of sp³-hybridized carbons (Fsp3) is 0.676. The summed E-state index contributed by atoms with van der Waals surface area (Å²) in [5.74, 6) is -1.24. The van der Waals surface area contributed by atoms with Gasteiger partial charge in [-0.05, 0) is 106 Å². The first-order valence-electron chi connectivity index (χ1n) is 15.7. The molecule has 46 heavy (non-hydrogen) atoms. The highest BCUT2D eigenvalue weighted by Crippen LogP contribution is 2.30. The minimum atomic E-state index is -0.719. The Balaban J connectivity index is 1.99. The number of carbonyl (C=O) groups excluding carboxylic acids is 5. The summed E-state index contributed by atoms with van der Waals surface area (Å²) in [6.07, 6.45) is 2.18. The second-order valence-corrected chi connectivity index (χ2v) is 14.5. The summed E-state index contributed by atoms with van der Waals surface area (Å²) in [7, 11) is 1.57. The van der Waals surface area contributed by atoms with Gasteiger partial charge >= 0.3 is 18.0 Å². The number of piperidine rings is 1. The molecule has 12 nitrogen and oxygen atoms in total. The minimum Gasteiger partial charge on any atom is -0.478 e. The molecule has 0 bridgehead atoms. The number of nitrogens with zero attached hydrogens (tertiary/aromatic N) is 2. The van der Waals surface area contributed by atoms with E-state index in [1.165, 1.54) is 23.1 Å². The summed E-state index contributed by atoms with van der Waals surface area (Å²) in [5.41, 5.74) is -1.73. The van der Waals surface area contributed by atoms with Gasteiger partial charge in [-0.3, -0.25) is 9.59 Å². The average Bonchev–Trinajstić information content (AvgIpc) is 2.91. The van der Waals surface area contributed by atoms with Gasteiger partial charge in [-0.15, -0.1) is 0 Å². The molecule has 0 N–H and O–H groups in total. The molecule has 1 heterocycles. The molecule has 0 unspecified atom stereocenters. The van der Waals surface area contributed by atoms with Crippen LogP contribution in [0.15, 0.2) is 18.2 Å². The van der Waals surface area contributed by atoms with Gasteiger partial charge in [-0.2, -0.15) is 0 Å². The molecule has 2 rings (SSSR count). The van der Waals surface area contributed by atoms with Gasteiger partial charge in [-0.1, -0.05) is 0 Å². The number of amides is 2. The van der Waals surface area contributed by atoms with Gasteiger partial charge in [0.15, 0.2) is 30.5 Å². The summed E-state index contributed by atoms with van der Waals surface area (Å²) in [6.45, 7) is 16.0. The third-order valence-electron chi connectivity index (χ3n) is 6.64. The fourth-order valence-corrected chi connectivity index (χ4v) is 4.57.